The molecule has 10 heteroatoms. The van der Waals surface area contributed by atoms with Crippen molar-refractivity contribution < 1.29 is 22.0 Å². The number of hydrogen-bond acceptors (Lipinski definition) is 4. The number of halogens is 3. The fraction of sp³-hybridized carbons (Fsp3) is 0.0526. The second-order valence-electron chi connectivity index (χ2n) is 6.22. The highest BCUT2D eigenvalue weighted by Crippen LogP contribution is 2.29. The van der Waals surface area contributed by atoms with Crippen molar-refractivity contribution in [1.82, 2.24) is 9.97 Å². The Labute approximate surface area is 172 Å². The fourth-order valence-corrected chi connectivity index (χ4v) is 4.47. The zero-order valence-corrected chi connectivity index (χ0v) is 16.9. The summed E-state index contributed by atoms with van der Waals surface area (Å²) in [6, 6.07) is 3.37. The third kappa shape index (κ3) is 3.49. The fourth-order valence-electron chi connectivity index (χ4n) is 2.98. The van der Waals surface area contributed by atoms with Gasteiger partial charge in [-0.2, -0.15) is 0 Å². The van der Waals surface area contributed by atoms with Gasteiger partial charge in [-0.15, -0.1) is 0 Å². The normalized spacial score (nSPS) is 13.7. The van der Waals surface area contributed by atoms with Crippen LogP contribution in [0.25, 0.3) is 11.0 Å². The Bertz CT molecular complexity index is 1330. The highest BCUT2D eigenvalue weighted by molar-refractivity contribution is 9.10. The summed E-state index contributed by atoms with van der Waals surface area (Å²) in [5, 5.41) is 0.371. The van der Waals surface area contributed by atoms with E-state index in [0.717, 1.165) is 12.1 Å². The third-order valence-corrected chi connectivity index (χ3v) is 6.20. The maximum Gasteiger partial charge on any atom is 0.261 e. The molecule has 0 saturated heterocycles. The van der Waals surface area contributed by atoms with Gasteiger partial charge < -0.3 is 4.98 Å². The summed E-state index contributed by atoms with van der Waals surface area (Å²) in [4.78, 5) is 19.7. The highest BCUT2D eigenvalue weighted by Gasteiger charge is 2.26. The zero-order chi connectivity index (χ0) is 20.8. The molecule has 0 atom stereocenters. The minimum Gasteiger partial charge on any atom is -0.345 e. The lowest BCUT2D eigenvalue weighted by Crippen LogP contribution is -2.17. The van der Waals surface area contributed by atoms with E-state index in [4.69, 9.17) is 0 Å². The van der Waals surface area contributed by atoms with Gasteiger partial charge in [-0.3, -0.25) is 9.52 Å². The number of hydrogen-bond donors (Lipinski definition) is 2. The molecule has 0 radical (unpaired) electrons. The Kier molecular flexibility index (Phi) is 4.83. The van der Waals surface area contributed by atoms with E-state index >= 15 is 4.39 Å². The maximum atomic E-state index is 15.0. The van der Waals surface area contributed by atoms with Gasteiger partial charge in [-0.25, -0.2) is 22.2 Å². The lowest BCUT2D eigenvalue weighted by Gasteiger charge is -2.12. The number of allylic oxidation sites excluding steroid dienone is 3. The van der Waals surface area contributed by atoms with E-state index in [1.54, 1.807) is 12.1 Å². The van der Waals surface area contributed by atoms with Crippen molar-refractivity contribution in [3.63, 3.8) is 0 Å². The van der Waals surface area contributed by atoms with Gasteiger partial charge in [-0.05, 0) is 46.6 Å². The molecule has 0 aliphatic heterocycles. The van der Waals surface area contributed by atoms with Gasteiger partial charge in [0.2, 0.25) is 5.78 Å². The van der Waals surface area contributed by atoms with Gasteiger partial charge in [0.25, 0.3) is 10.0 Å². The van der Waals surface area contributed by atoms with E-state index in [1.807, 2.05) is 0 Å². The van der Waals surface area contributed by atoms with Crippen molar-refractivity contribution in [1.29, 1.82) is 0 Å². The highest BCUT2D eigenvalue weighted by atomic mass is 79.9. The summed E-state index contributed by atoms with van der Waals surface area (Å²) in [6.07, 6.45) is 7.72. The van der Waals surface area contributed by atoms with Gasteiger partial charge >= 0.3 is 0 Å². The molecule has 0 unspecified atom stereocenters. The first-order valence-corrected chi connectivity index (χ1v) is 10.6. The Morgan fingerprint density at radius 2 is 2.07 bits per heavy atom. The van der Waals surface area contributed by atoms with Crippen LogP contribution in [0.5, 0.6) is 0 Å². The molecule has 4 rings (SSSR count). The number of rotatable bonds is 5. The molecule has 1 aliphatic rings. The van der Waals surface area contributed by atoms with Crippen LogP contribution >= 0.6 is 15.9 Å². The summed E-state index contributed by atoms with van der Waals surface area (Å²) in [6.45, 7) is 0. The predicted octanol–water partition coefficient (Wildman–Crippen LogP) is 4.42. The number of nitrogens with one attached hydrogen (secondary N) is 2. The molecule has 1 aromatic carbocycles. The average molecular weight is 480 g/mol. The molecule has 6 nitrogen and oxygen atoms in total. The van der Waals surface area contributed by atoms with E-state index in [-0.39, 0.29) is 10.5 Å². The van der Waals surface area contributed by atoms with Crippen LogP contribution in [0.15, 0.2) is 58.2 Å². The minimum absolute atomic E-state index is 0.00745. The number of sulfonamides is 1. The van der Waals surface area contributed by atoms with Crippen molar-refractivity contribution in [2.45, 2.75) is 6.42 Å². The summed E-state index contributed by atoms with van der Waals surface area (Å²) in [7, 11) is -4.06. The molecule has 0 saturated carbocycles. The van der Waals surface area contributed by atoms with Crippen molar-refractivity contribution in [3.8, 4) is 0 Å². The minimum atomic E-state index is -4.06. The molecule has 1 aliphatic carbocycles. The molecule has 2 N–H and O–H groups in total. The molecule has 0 amide bonds. The van der Waals surface area contributed by atoms with Gasteiger partial charge in [-0.1, -0.05) is 12.2 Å². The van der Waals surface area contributed by atoms with Crippen molar-refractivity contribution in [2.75, 3.05) is 4.72 Å². The lowest BCUT2D eigenvalue weighted by molar-refractivity contribution is 0.103. The summed E-state index contributed by atoms with van der Waals surface area (Å²) in [5.74, 6) is -3.33. The van der Waals surface area contributed by atoms with Crippen LogP contribution in [0.4, 0.5) is 14.5 Å². The molecular weight excluding hydrogens is 468 g/mol. The number of benzene rings is 1. The van der Waals surface area contributed by atoms with Crippen LogP contribution in [0, 0.1) is 11.6 Å². The standard InChI is InChI=1S/C19H12BrF2N3O3S/c20-10-7-12-13(9-24-19(12)23-8-10)18(26)16-14(21)5-6-15(17(16)22)25-29(27,28)11-3-1-2-4-11/h1,3-9,25H,2H2,(H,23,24). The molecule has 0 bridgehead atoms. The van der Waals surface area contributed by atoms with E-state index < -0.39 is 38.7 Å². The smallest absolute Gasteiger partial charge is 0.261 e. The molecule has 0 spiro atoms. The zero-order valence-electron chi connectivity index (χ0n) is 14.5. The topological polar surface area (TPSA) is 91.9 Å². The number of aromatic amines is 1. The largest absolute Gasteiger partial charge is 0.345 e. The van der Waals surface area contributed by atoms with E-state index in [2.05, 4.69) is 30.6 Å². The molecule has 148 valence electrons. The summed E-state index contributed by atoms with van der Waals surface area (Å²) in [5.41, 5.74) is -1.00. The van der Waals surface area contributed by atoms with E-state index in [1.165, 1.54) is 24.5 Å². The van der Waals surface area contributed by atoms with Crippen molar-refractivity contribution >= 4 is 48.5 Å². The number of carbonyl (C=O) groups excluding carboxylic acids is 1. The van der Waals surface area contributed by atoms with Gasteiger partial charge in [0.05, 0.1) is 16.2 Å². The van der Waals surface area contributed by atoms with Gasteiger partial charge in [0.15, 0.2) is 5.82 Å². The van der Waals surface area contributed by atoms with Gasteiger partial charge in [0, 0.05) is 27.8 Å². The lowest BCUT2D eigenvalue weighted by atomic mass is 10.0. The molecule has 0 fully saturated rings. The van der Waals surface area contributed by atoms with Crippen LogP contribution in [-0.4, -0.2) is 24.2 Å². The second-order valence-corrected chi connectivity index (χ2v) is 8.81. The number of nitrogens with zero attached hydrogens (tertiary/aromatic N) is 1. The third-order valence-electron chi connectivity index (χ3n) is 4.35. The molecule has 2 aromatic heterocycles. The number of pyridine rings is 1. The number of aromatic nitrogens is 2. The van der Waals surface area contributed by atoms with E-state index in [9.17, 15) is 17.6 Å². The number of ketones is 1. The summed E-state index contributed by atoms with van der Waals surface area (Å²) < 4.78 is 56.8. The van der Waals surface area contributed by atoms with Crippen LogP contribution in [0.2, 0.25) is 0 Å². The quantitative estimate of drug-likeness (QED) is 0.529. The predicted molar refractivity (Wildman–Crippen MR) is 108 cm³/mol. The first-order valence-electron chi connectivity index (χ1n) is 8.33. The molecule has 3 aromatic rings. The molecule has 29 heavy (non-hydrogen) atoms. The number of anilines is 1. The van der Waals surface area contributed by atoms with Crippen LogP contribution in [-0.2, 0) is 10.0 Å². The Morgan fingerprint density at radius 1 is 1.28 bits per heavy atom. The van der Waals surface area contributed by atoms with Gasteiger partial charge in [0.1, 0.15) is 11.5 Å². The molecule has 2 heterocycles. The SMILES string of the molecule is O=C(c1c(F)ccc(NS(=O)(=O)C2=CCC=C2)c1F)c1c[nH]c2ncc(Br)cc12. The van der Waals surface area contributed by atoms with Crippen LogP contribution < -0.4 is 4.72 Å². The number of H-pyrrole nitrogens is 1. The Hall–Kier alpha value is -2.85. The first kappa shape index (κ1) is 19.5. The van der Waals surface area contributed by atoms with Crippen molar-refractivity contribution in [2.24, 2.45) is 0 Å². The molecular formula is C19H12BrF2N3O3S. The second kappa shape index (κ2) is 7.20. The summed E-state index contributed by atoms with van der Waals surface area (Å²) >= 11 is 3.24. The Morgan fingerprint density at radius 3 is 2.79 bits per heavy atom. The number of carbonyl (C=O) groups is 1. The maximum absolute atomic E-state index is 15.0. The Balaban J connectivity index is 1.78. The number of fused-ring (bicyclic) bond motifs is 1. The average Bonchev–Trinajstić information content (AvgIpc) is 3.34. The van der Waals surface area contributed by atoms with Crippen LogP contribution in [0.3, 0.4) is 0 Å². The van der Waals surface area contributed by atoms with Crippen LogP contribution in [0.1, 0.15) is 22.3 Å². The monoisotopic (exact) mass is 479 g/mol. The first-order chi connectivity index (χ1) is 13.8. The van der Waals surface area contributed by atoms with Crippen molar-refractivity contribution in [3.05, 3.63) is 81.0 Å². The van der Waals surface area contributed by atoms with E-state index in [0.29, 0.717) is 21.9 Å².